The summed E-state index contributed by atoms with van der Waals surface area (Å²) >= 11 is 0. The number of pyridine rings is 2. The SMILES string of the molecule is Cc1ccc(NC(=O)c2ccnc(C(F)(F)F)c2)cc1-c1cc(N2CCOCC2)nc(N2CCC(O)C2)c1. The summed E-state index contributed by atoms with van der Waals surface area (Å²) in [4.78, 5) is 25.2. The first-order valence-electron chi connectivity index (χ1n) is 12.4. The van der Waals surface area contributed by atoms with Crippen molar-refractivity contribution in [3.05, 3.63) is 65.5 Å². The first kappa shape index (κ1) is 25.9. The number of aliphatic hydroxyl groups excluding tert-OH is 1. The molecular weight excluding hydrogens is 499 g/mol. The Kier molecular flexibility index (Phi) is 7.22. The van der Waals surface area contributed by atoms with E-state index in [1.807, 2.05) is 25.1 Å². The normalized spacial score (nSPS) is 18.1. The fourth-order valence-corrected chi connectivity index (χ4v) is 4.66. The Morgan fingerprint density at radius 3 is 2.47 bits per heavy atom. The predicted octanol–water partition coefficient (Wildman–Crippen LogP) is 4.13. The summed E-state index contributed by atoms with van der Waals surface area (Å²) in [6, 6.07) is 11.3. The molecule has 0 radical (unpaired) electrons. The van der Waals surface area contributed by atoms with Crippen molar-refractivity contribution in [2.24, 2.45) is 0 Å². The molecule has 1 atom stereocenters. The Morgan fingerprint density at radius 1 is 1.05 bits per heavy atom. The number of amides is 1. The predicted molar refractivity (Wildman–Crippen MR) is 137 cm³/mol. The maximum Gasteiger partial charge on any atom is 0.433 e. The first-order chi connectivity index (χ1) is 18.2. The number of benzene rings is 1. The van der Waals surface area contributed by atoms with E-state index in [1.165, 1.54) is 6.07 Å². The molecule has 1 unspecified atom stereocenters. The van der Waals surface area contributed by atoms with Crippen LogP contribution in [-0.2, 0) is 10.9 Å². The molecule has 5 rings (SSSR count). The van der Waals surface area contributed by atoms with Crippen LogP contribution in [0, 0.1) is 6.92 Å². The van der Waals surface area contributed by atoms with Gasteiger partial charge in [-0.15, -0.1) is 0 Å². The highest BCUT2D eigenvalue weighted by atomic mass is 19.4. The number of anilines is 3. The second-order valence-corrected chi connectivity index (χ2v) is 9.47. The lowest BCUT2D eigenvalue weighted by Gasteiger charge is -2.29. The zero-order chi connectivity index (χ0) is 26.9. The van der Waals surface area contributed by atoms with Gasteiger partial charge in [0, 0.05) is 43.6 Å². The van der Waals surface area contributed by atoms with Crippen LogP contribution in [0.25, 0.3) is 11.1 Å². The third kappa shape index (κ3) is 5.73. The minimum Gasteiger partial charge on any atom is -0.391 e. The minimum absolute atomic E-state index is 0.136. The minimum atomic E-state index is -4.64. The molecule has 2 saturated heterocycles. The maximum atomic E-state index is 13.0. The zero-order valence-electron chi connectivity index (χ0n) is 20.8. The third-order valence-electron chi connectivity index (χ3n) is 6.74. The van der Waals surface area contributed by atoms with Crippen molar-refractivity contribution >= 4 is 23.2 Å². The second kappa shape index (κ2) is 10.6. The van der Waals surface area contributed by atoms with Crippen LogP contribution in [0.1, 0.15) is 28.0 Å². The van der Waals surface area contributed by atoms with Crippen LogP contribution in [-0.4, -0.2) is 66.5 Å². The van der Waals surface area contributed by atoms with Crippen molar-refractivity contribution in [1.82, 2.24) is 9.97 Å². The molecule has 38 heavy (non-hydrogen) atoms. The number of alkyl halides is 3. The first-order valence-corrected chi connectivity index (χ1v) is 12.4. The van der Waals surface area contributed by atoms with Crippen molar-refractivity contribution in [2.45, 2.75) is 25.6 Å². The molecule has 1 amide bonds. The van der Waals surface area contributed by atoms with Crippen LogP contribution in [0.3, 0.4) is 0 Å². The van der Waals surface area contributed by atoms with Crippen LogP contribution < -0.4 is 15.1 Å². The Labute approximate surface area is 218 Å². The van der Waals surface area contributed by atoms with Gasteiger partial charge in [-0.2, -0.15) is 13.2 Å². The highest BCUT2D eigenvalue weighted by molar-refractivity contribution is 6.04. The molecule has 2 N–H and O–H groups in total. The van der Waals surface area contributed by atoms with Crippen molar-refractivity contribution in [1.29, 1.82) is 0 Å². The van der Waals surface area contributed by atoms with Gasteiger partial charge in [-0.3, -0.25) is 9.78 Å². The molecule has 3 aromatic rings. The van der Waals surface area contributed by atoms with Gasteiger partial charge in [0.05, 0.1) is 19.3 Å². The fraction of sp³-hybridized carbons (Fsp3) is 0.370. The summed E-state index contributed by atoms with van der Waals surface area (Å²) in [5, 5.41) is 12.8. The number of carbonyl (C=O) groups excluding carboxylic acids is 1. The van der Waals surface area contributed by atoms with Crippen LogP contribution in [0.15, 0.2) is 48.7 Å². The quantitative estimate of drug-likeness (QED) is 0.516. The molecule has 2 aliphatic heterocycles. The summed E-state index contributed by atoms with van der Waals surface area (Å²) in [6.07, 6.45) is -3.40. The van der Waals surface area contributed by atoms with Crippen molar-refractivity contribution in [2.75, 3.05) is 54.5 Å². The topological polar surface area (TPSA) is 90.8 Å². The van der Waals surface area contributed by atoms with Gasteiger partial charge in [0.25, 0.3) is 5.91 Å². The van der Waals surface area contributed by atoms with E-state index < -0.39 is 23.9 Å². The summed E-state index contributed by atoms with van der Waals surface area (Å²) in [7, 11) is 0. The third-order valence-corrected chi connectivity index (χ3v) is 6.74. The van der Waals surface area contributed by atoms with Gasteiger partial charge in [-0.25, -0.2) is 4.98 Å². The number of nitrogens with zero attached hydrogens (tertiary/aromatic N) is 4. The number of hydrogen-bond acceptors (Lipinski definition) is 7. The van der Waals surface area contributed by atoms with E-state index in [2.05, 4.69) is 20.1 Å². The molecule has 8 nitrogen and oxygen atoms in total. The van der Waals surface area contributed by atoms with Gasteiger partial charge in [0.1, 0.15) is 17.3 Å². The van der Waals surface area contributed by atoms with E-state index in [4.69, 9.17) is 9.72 Å². The number of morpholine rings is 1. The molecule has 2 fully saturated rings. The number of ether oxygens (including phenoxy) is 1. The highest BCUT2D eigenvalue weighted by Gasteiger charge is 2.33. The number of aromatic nitrogens is 2. The number of hydrogen-bond donors (Lipinski definition) is 2. The maximum absolute atomic E-state index is 13.0. The van der Waals surface area contributed by atoms with Crippen molar-refractivity contribution in [3.63, 3.8) is 0 Å². The number of halogens is 3. The Morgan fingerprint density at radius 2 is 1.79 bits per heavy atom. The second-order valence-electron chi connectivity index (χ2n) is 9.47. The molecule has 0 spiro atoms. The lowest BCUT2D eigenvalue weighted by molar-refractivity contribution is -0.141. The van der Waals surface area contributed by atoms with E-state index in [9.17, 15) is 23.1 Å². The van der Waals surface area contributed by atoms with E-state index >= 15 is 0 Å². The van der Waals surface area contributed by atoms with E-state index in [-0.39, 0.29) is 5.56 Å². The lowest BCUT2D eigenvalue weighted by atomic mass is 10.00. The molecule has 0 saturated carbocycles. The van der Waals surface area contributed by atoms with Crippen LogP contribution >= 0.6 is 0 Å². The molecular formula is C27H28F3N5O3. The van der Waals surface area contributed by atoms with E-state index in [0.717, 1.165) is 40.6 Å². The number of nitrogens with one attached hydrogen (secondary N) is 1. The number of rotatable bonds is 5. The number of carbonyl (C=O) groups is 1. The average molecular weight is 528 g/mol. The van der Waals surface area contributed by atoms with Gasteiger partial charge in [0.15, 0.2) is 0 Å². The number of aryl methyl sites for hydroxylation is 1. The van der Waals surface area contributed by atoms with Gasteiger partial charge < -0.3 is 25.0 Å². The van der Waals surface area contributed by atoms with Crippen LogP contribution in [0.2, 0.25) is 0 Å². The highest BCUT2D eigenvalue weighted by Crippen LogP contribution is 2.34. The average Bonchev–Trinajstić information content (AvgIpc) is 3.36. The summed E-state index contributed by atoms with van der Waals surface area (Å²) < 4.78 is 44.6. The molecule has 2 aliphatic rings. The molecule has 4 heterocycles. The molecule has 11 heteroatoms. The molecule has 200 valence electrons. The van der Waals surface area contributed by atoms with E-state index in [1.54, 1.807) is 12.1 Å². The summed E-state index contributed by atoms with van der Waals surface area (Å²) in [6.45, 7) is 5.78. The van der Waals surface area contributed by atoms with Crippen molar-refractivity contribution < 1.29 is 27.8 Å². The molecule has 0 aliphatic carbocycles. The van der Waals surface area contributed by atoms with Gasteiger partial charge in [0.2, 0.25) is 0 Å². The van der Waals surface area contributed by atoms with Crippen LogP contribution in [0.4, 0.5) is 30.5 Å². The van der Waals surface area contributed by atoms with Gasteiger partial charge >= 0.3 is 6.18 Å². The Balaban J connectivity index is 1.47. The summed E-state index contributed by atoms with van der Waals surface area (Å²) in [5.41, 5.74) is 1.88. The monoisotopic (exact) mass is 527 g/mol. The Hall–Kier alpha value is -3.70. The van der Waals surface area contributed by atoms with Gasteiger partial charge in [-0.05, 0) is 66.4 Å². The zero-order valence-corrected chi connectivity index (χ0v) is 20.8. The smallest absolute Gasteiger partial charge is 0.391 e. The van der Waals surface area contributed by atoms with E-state index in [0.29, 0.717) is 51.5 Å². The number of β-amino-alcohol motifs (C(OH)–C–C–N with tert-alkyl or cyclic N) is 1. The van der Waals surface area contributed by atoms with Crippen LogP contribution in [0.5, 0.6) is 0 Å². The lowest BCUT2D eigenvalue weighted by Crippen LogP contribution is -2.37. The largest absolute Gasteiger partial charge is 0.433 e. The standard InChI is InChI=1S/C27H28F3N5O3/c1-17-2-3-20(32-26(37)18-4-6-31-23(12-18)27(28,29)30)15-22(17)19-13-24(34-8-10-38-11-9-34)33-25(14-19)35-7-5-21(36)16-35/h2-4,6,12-15,21,36H,5,7-11,16H2,1H3,(H,32,37). The molecule has 1 aromatic carbocycles. The summed E-state index contributed by atoms with van der Waals surface area (Å²) in [5.74, 6) is 0.890. The molecule has 2 aromatic heterocycles. The van der Waals surface area contributed by atoms with Gasteiger partial charge in [-0.1, -0.05) is 6.07 Å². The number of aliphatic hydroxyl groups is 1. The Bertz CT molecular complexity index is 1300. The molecule has 0 bridgehead atoms. The van der Waals surface area contributed by atoms with Crippen molar-refractivity contribution in [3.8, 4) is 11.1 Å². The fourth-order valence-electron chi connectivity index (χ4n) is 4.66.